The molecule has 1 aromatic carbocycles. The maximum Gasteiger partial charge on any atom is 0.331 e. The maximum atomic E-state index is 10.8. The Morgan fingerprint density at radius 3 is 2.03 bits per heavy atom. The molecule has 0 spiro atoms. The van der Waals surface area contributed by atoms with Gasteiger partial charge < -0.3 is 19.5 Å². The van der Waals surface area contributed by atoms with Crippen molar-refractivity contribution in [1.82, 2.24) is 9.80 Å². The predicted molar refractivity (Wildman–Crippen MR) is 159 cm³/mol. The van der Waals surface area contributed by atoms with Crippen molar-refractivity contribution in [3.63, 3.8) is 0 Å². The van der Waals surface area contributed by atoms with Gasteiger partial charge in [-0.2, -0.15) is 0 Å². The van der Waals surface area contributed by atoms with Crippen molar-refractivity contribution >= 4 is 12.3 Å². The van der Waals surface area contributed by atoms with Gasteiger partial charge in [0.2, 0.25) is 0 Å². The summed E-state index contributed by atoms with van der Waals surface area (Å²) in [5.41, 5.74) is 2.61. The van der Waals surface area contributed by atoms with Crippen LogP contribution in [0.4, 0.5) is 0 Å². The lowest BCUT2D eigenvalue weighted by Gasteiger charge is -2.19. The lowest BCUT2D eigenvalue weighted by molar-refractivity contribution is -0.143. The van der Waals surface area contributed by atoms with Crippen LogP contribution >= 0.6 is 0 Å². The zero-order chi connectivity index (χ0) is 29.1. The second-order valence-electron chi connectivity index (χ2n) is 9.27. The van der Waals surface area contributed by atoms with Crippen molar-refractivity contribution < 1.29 is 19.4 Å². The van der Waals surface area contributed by atoms with Crippen LogP contribution in [0.1, 0.15) is 73.3 Å². The molecule has 2 rings (SSSR count). The van der Waals surface area contributed by atoms with Gasteiger partial charge in [0.05, 0.1) is 13.2 Å². The lowest BCUT2D eigenvalue weighted by Crippen LogP contribution is -2.29. The Morgan fingerprint density at radius 1 is 1.19 bits per heavy atom. The average Bonchev–Trinajstić information content (AvgIpc) is 3.37. The minimum absolute atomic E-state index is 0.148. The molecule has 0 unspecified atom stereocenters. The number of allylic oxidation sites excluding steroid dienone is 4. The third-order valence-corrected chi connectivity index (χ3v) is 5.49. The van der Waals surface area contributed by atoms with E-state index in [2.05, 4.69) is 87.5 Å². The standard InChI is InChI=1S/C12H15NO.C7H12.C5H12.C4H11N.C3H6O3/c14-10-12-7-4-8-13(12)9-11-5-2-1-3-6-11;1-4-6-7(3)5-2;2*1-4-5(2)3;1-6-3(5)2-4/h1-3,5-6,10,12H,4,7-9H2;4-6H,1-3H3;5H,4H2,1-3H3;4H2,1-3H3;4H,2H2,1H3/b;6-4-,7-5-;;;/t12-;;;;/m0..../s1. The molecule has 1 heterocycles. The highest BCUT2D eigenvalue weighted by atomic mass is 16.5. The number of rotatable bonds is 7. The molecular weight excluding hydrogens is 464 g/mol. The zero-order valence-electron chi connectivity index (χ0n) is 25.4. The number of aliphatic hydroxyl groups is 1. The zero-order valence-corrected chi connectivity index (χ0v) is 25.4. The number of carbonyl (C=O) groups excluding carboxylic acids is 2. The van der Waals surface area contributed by atoms with E-state index >= 15 is 0 Å². The van der Waals surface area contributed by atoms with Gasteiger partial charge in [0.15, 0.2) is 0 Å². The van der Waals surface area contributed by atoms with Gasteiger partial charge in [-0.05, 0) is 72.3 Å². The Hall–Kier alpha value is -2.28. The number of hydrogen-bond donors (Lipinski definition) is 1. The van der Waals surface area contributed by atoms with Crippen LogP contribution in [0.3, 0.4) is 0 Å². The van der Waals surface area contributed by atoms with Crippen LogP contribution in [0.2, 0.25) is 0 Å². The number of aldehydes is 1. The van der Waals surface area contributed by atoms with Crippen LogP contribution in [0.5, 0.6) is 0 Å². The minimum Gasteiger partial charge on any atom is -0.467 e. The van der Waals surface area contributed by atoms with Crippen LogP contribution in [0, 0.1) is 5.92 Å². The van der Waals surface area contributed by atoms with E-state index in [1.807, 2.05) is 38.1 Å². The summed E-state index contributed by atoms with van der Waals surface area (Å²) in [4.78, 5) is 24.9. The summed E-state index contributed by atoms with van der Waals surface area (Å²) >= 11 is 0. The molecule has 6 nitrogen and oxygen atoms in total. The first-order valence-corrected chi connectivity index (χ1v) is 13.4. The topological polar surface area (TPSA) is 70.1 Å². The first kappa shape index (κ1) is 39.2. The molecule has 1 aliphatic heterocycles. The monoisotopic (exact) mass is 520 g/mol. The fourth-order valence-electron chi connectivity index (χ4n) is 2.44. The third-order valence-electron chi connectivity index (χ3n) is 5.49. The molecule has 37 heavy (non-hydrogen) atoms. The van der Waals surface area contributed by atoms with Crippen LogP contribution < -0.4 is 0 Å². The van der Waals surface area contributed by atoms with Crippen LogP contribution in [-0.4, -0.2) is 74.1 Å². The molecule has 1 N–H and O–H groups in total. The fraction of sp³-hybridized carbons (Fsp3) is 0.613. The average molecular weight is 521 g/mol. The molecule has 214 valence electrons. The second kappa shape index (κ2) is 28.3. The Labute approximate surface area is 228 Å². The summed E-state index contributed by atoms with van der Waals surface area (Å²) < 4.78 is 4.01. The number of methoxy groups -OCH3 is 1. The summed E-state index contributed by atoms with van der Waals surface area (Å²) in [5, 5.41) is 7.86. The van der Waals surface area contributed by atoms with Gasteiger partial charge in [0.25, 0.3) is 0 Å². The SMILES string of the molecule is C/C=C\C(C)=C/C.CCC(C)C.CCN(C)C.COC(=O)CO.O=C[C@@H]1CCCN1Cc1ccccc1. The van der Waals surface area contributed by atoms with E-state index in [9.17, 15) is 9.59 Å². The van der Waals surface area contributed by atoms with Gasteiger partial charge in [-0.15, -0.1) is 0 Å². The smallest absolute Gasteiger partial charge is 0.331 e. The number of benzene rings is 1. The molecule has 1 aromatic rings. The van der Waals surface area contributed by atoms with E-state index in [0.29, 0.717) is 0 Å². The van der Waals surface area contributed by atoms with Gasteiger partial charge in [-0.25, -0.2) is 4.79 Å². The number of likely N-dealkylation sites (tertiary alicyclic amines) is 1. The largest absolute Gasteiger partial charge is 0.467 e. The fourth-order valence-corrected chi connectivity index (χ4v) is 2.44. The molecule has 0 saturated carbocycles. The molecule has 0 aliphatic carbocycles. The third kappa shape index (κ3) is 28.1. The molecule has 0 aromatic heterocycles. The van der Waals surface area contributed by atoms with E-state index in [-0.39, 0.29) is 6.04 Å². The Bertz CT molecular complexity index is 686. The molecule has 0 bridgehead atoms. The van der Waals surface area contributed by atoms with Crippen LogP contribution in [0.15, 0.2) is 54.1 Å². The summed E-state index contributed by atoms with van der Waals surface area (Å²) in [6, 6.07) is 10.5. The van der Waals surface area contributed by atoms with Crippen molar-refractivity contribution in [3.05, 3.63) is 59.7 Å². The van der Waals surface area contributed by atoms with Crippen molar-refractivity contribution in [3.8, 4) is 0 Å². The minimum atomic E-state index is -0.602. The van der Waals surface area contributed by atoms with Gasteiger partial charge in [0, 0.05) is 6.54 Å². The van der Waals surface area contributed by atoms with E-state index in [1.165, 1.54) is 24.7 Å². The van der Waals surface area contributed by atoms with Gasteiger partial charge in [0.1, 0.15) is 12.9 Å². The number of hydrogen-bond acceptors (Lipinski definition) is 6. The van der Waals surface area contributed by atoms with Gasteiger partial charge in [-0.3, -0.25) is 4.90 Å². The number of ether oxygens (including phenoxy) is 1. The second-order valence-corrected chi connectivity index (χ2v) is 9.27. The molecule has 1 saturated heterocycles. The van der Waals surface area contributed by atoms with E-state index < -0.39 is 12.6 Å². The first-order valence-electron chi connectivity index (χ1n) is 13.4. The van der Waals surface area contributed by atoms with Crippen LogP contribution in [-0.2, 0) is 20.9 Å². The number of nitrogens with zero attached hydrogens (tertiary/aromatic N) is 2. The number of carbonyl (C=O) groups is 2. The maximum absolute atomic E-state index is 10.8. The van der Waals surface area contributed by atoms with Crippen molar-refractivity contribution in [2.45, 2.75) is 80.3 Å². The van der Waals surface area contributed by atoms with E-state index in [4.69, 9.17) is 5.11 Å². The van der Waals surface area contributed by atoms with E-state index in [1.54, 1.807) is 0 Å². The van der Waals surface area contributed by atoms with Crippen LogP contribution in [0.25, 0.3) is 0 Å². The first-order chi connectivity index (χ1) is 17.6. The summed E-state index contributed by atoms with van der Waals surface area (Å²) in [6.07, 6.45) is 10.8. The highest BCUT2D eigenvalue weighted by molar-refractivity contribution is 5.70. The highest BCUT2D eigenvalue weighted by Crippen LogP contribution is 2.18. The molecule has 6 heteroatoms. The Balaban J connectivity index is -0.000000430. The summed E-state index contributed by atoms with van der Waals surface area (Å²) in [5.74, 6) is 0.282. The van der Waals surface area contributed by atoms with Gasteiger partial charge in [-0.1, -0.05) is 88.2 Å². The molecule has 1 aliphatic rings. The van der Waals surface area contributed by atoms with Crippen molar-refractivity contribution in [1.29, 1.82) is 0 Å². The lowest BCUT2D eigenvalue weighted by atomic mass is 10.2. The molecule has 1 atom stereocenters. The quantitative estimate of drug-likeness (QED) is 0.264. The predicted octanol–water partition coefficient (Wildman–Crippen LogP) is 6.15. The Kier molecular flexibility index (Phi) is 30.0. The number of aliphatic hydroxyl groups excluding tert-OH is 1. The highest BCUT2D eigenvalue weighted by Gasteiger charge is 2.23. The summed E-state index contributed by atoms with van der Waals surface area (Å²) in [7, 11) is 5.33. The van der Waals surface area contributed by atoms with Crippen molar-refractivity contribution in [2.75, 3.05) is 40.9 Å². The van der Waals surface area contributed by atoms with Crippen molar-refractivity contribution in [2.24, 2.45) is 5.92 Å². The van der Waals surface area contributed by atoms with Gasteiger partial charge >= 0.3 is 5.97 Å². The Morgan fingerprint density at radius 2 is 1.73 bits per heavy atom. The van der Waals surface area contributed by atoms with E-state index in [0.717, 1.165) is 44.7 Å². The normalized spacial score (nSPS) is 14.8. The molecular formula is C31H56N2O4. The molecule has 1 fully saturated rings. The number of esters is 1. The molecule has 0 radical (unpaired) electrons. The summed E-state index contributed by atoms with van der Waals surface area (Å²) in [6.45, 7) is 17.5. The molecule has 0 amide bonds.